The second-order valence-electron chi connectivity index (χ2n) is 3.37. The Kier molecular flexibility index (Phi) is 4.67. The molecule has 0 heterocycles. The molecule has 0 aromatic heterocycles. The zero-order valence-electron chi connectivity index (χ0n) is 9.05. The first-order chi connectivity index (χ1) is 7.86. The molecule has 1 aromatic rings. The highest BCUT2D eigenvalue weighted by molar-refractivity contribution is 9.10. The van der Waals surface area contributed by atoms with E-state index in [1.165, 1.54) is 12.1 Å². The van der Waals surface area contributed by atoms with E-state index in [0.29, 0.717) is 0 Å². The van der Waals surface area contributed by atoms with E-state index in [9.17, 15) is 13.2 Å². The molecule has 0 fully saturated rings. The lowest BCUT2D eigenvalue weighted by molar-refractivity contribution is -0.139. The van der Waals surface area contributed by atoms with Crippen molar-refractivity contribution in [3.8, 4) is 0 Å². The summed E-state index contributed by atoms with van der Waals surface area (Å²) in [6.07, 6.45) is 0.186. The Morgan fingerprint density at radius 2 is 1.94 bits per heavy atom. The van der Waals surface area contributed by atoms with Gasteiger partial charge in [-0.3, -0.25) is 4.79 Å². The summed E-state index contributed by atoms with van der Waals surface area (Å²) in [6.45, 7) is 1.60. The lowest BCUT2D eigenvalue weighted by atomic mass is 10.2. The van der Waals surface area contributed by atoms with Crippen molar-refractivity contribution in [1.82, 2.24) is 4.72 Å². The number of sulfonamides is 1. The summed E-state index contributed by atoms with van der Waals surface area (Å²) < 4.78 is 26.5. The number of carboxylic acid groups (broad SMARTS) is 1. The highest BCUT2D eigenvalue weighted by Gasteiger charge is 2.23. The van der Waals surface area contributed by atoms with E-state index in [2.05, 4.69) is 20.7 Å². The van der Waals surface area contributed by atoms with Crippen molar-refractivity contribution in [2.24, 2.45) is 0 Å². The summed E-state index contributed by atoms with van der Waals surface area (Å²) in [5.41, 5.74) is 0. The third-order valence-corrected chi connectivity index (χ3v) is 4.14. The molecule has 0 aliphatic carbocycles. The molecule has 5 nitrogen and oxygen atoms in total. The Bertz CT molecular complexity index is 498. The van der Waals surface area contributed by atoms with E-state index in [4.69, 9.17) is 5.11 Å². The van der Waals surface area contributed by atoms with Crippen molar-refractivity contribution >= 4 is 31.9 Å². The third kappa shape index (κ3) is 3.79. The first-order valence-corrected chi connectivity index (χ1v) is 7.15. The number of hydrogen-bond acceptors (Lipinski definition) is 3. The number of aliphatic carboxylic acids is 1. The van der Waals surface area contributed by atoms with Crippen molar-refractivity contribution < 1.29 is 18.3 Å². The summed E-state index contributed by atoms with van der Waals surface area (Å²) in [5.74, 6) is -1.19. The van der Waals surface area contributed by atoms with Crippen LogP contribution in [0.2, 0.25) is 0 Å². The fraction of sp³-hybridized carbons (Fsp3) is 0.300. The van der Waals surface area contributed by atoms with Gasteiger partial charge < -0.3 is 5.11 Å². The van der Waals surface area contributed by atoms with Gasteiger partial charge in [0.05, 0.1) is 4.90 Å². The number of benzene rings is 1. The summed E-state index contributed by atoms with van der Waals surface area (Å²) in [5, 5.41) is 8.79. The van der Waals surface area contributed by atoms with Crippen molar-refractivity contribution in [1.29, 1.82) is 0 Å². The van der Waals surface area contributed by atoms with Crippen molar-refractivity contribution in [2.45, 2.75) is 24.3 Å². The second-order valence-corrected chi connectivity index (χ2v) is 6.00. The number of halogens is 1. The number of nitrogens with one attached hydrogen (secondary N) is 1. The van der Waals surface area contributed by atoms with Gasteiger partial charge in [-0.1, -0.05) is 22.9 Å². The van der Waals surface area contributed by atoms with Gasteiger partial charge in [0.15, 0.2) is 0 Å². The molecule has 1 atom stereocenters. The molecule has 94 valence electrons. The van der Waals surface area contributed by atoms with E-state index < -0.39 is 22.0 Å². The smallest absolute Gasteiger partial charge is 0.321 e. The second kappa shape index (κ2) is 5.61. The summed E-state index contributed by atoms with van der Waals surface area (Å²) >= 11 is 3.19. The minimum Gasteiger partial charge on any atom is -0.480 e. The van der Waals surface area contributed by atoms with Crippen LogP contribution in [0.4, 0.5) is 0 Å². The van der Waals surface area contributed by atoms with Crippen molar-refractivity contribution in [3.05, 3.63) is 28.7 Å². The molecule has 17 heavy (non-hydrogen) atoms. The normalized spacial score (nSPS) is 13.3. The minimum atomic E-state index is -3.79. The Morgan fingerprint density at radius 1 is 1.41 bits per heavy atom. The third-order valence-electron chi connectivity index (χ3n) is 2.13. The summed E-state index contributed by atoms with van der Waals surface area (Å²) in [4.78, 5) is 10.8. The predicted octanol–water partition coefficient (Wildman–Crippen LogP) is 1.59. The van der Waals surface area contributed by atoms with Gasteiger partial charge in [-0.05, 0) is 30.7 Å². The Hall–Kier alpha value is -0.920. The first-order valence-electron chi connectivity index (χ1n) is 4.87. The maximum atomic E-state index is 11.8. The van der Waals surface area contributed by atoms with Crippen LogP contribution in [-0.4, -0.2) is 25.5 Å². The van der Waals surface area contributed by atoms with E-state index in [-0.39, 0.29) is 11.3 Å². The zero-order chi connectivity index (χ0) is 13.1. The quantitative estimate of drug-likeness (QED) is 0.862. The van der Waals surface area contributed by atoms with Gasteiger partial charge in [-0.2, -0.15) is 4.72 Å². The van der Waals surface area contributed by atoms with E-state index in [1.807, 2.05) is 0 Å². The molecular formula is C10H12BrNO4S. The van der Waals surface area contributed by atoms with Gasteiger partial charge in [0.1, 0.15) is 6.04 Å². The molecule has 0 saturated carbocycles. The van der Waals surface area contributed by atoms with Crippen LogP contribution >= 0.6 is 15.9 Å². The van der Waals surface area contributed by atoms with Crippen LogP contribution in [0.1, 0.15) is 13.3 Å². The fourth-order valence-corrected chi connectivity index (χ4v) is 2.71. The van der Waals surface area contributed by atoms with Crippen LogP contribution in [0.5, 0.6) is 0 Å². The summed E-state index contributed by atoms with van der Waals surface area (Å²) in [6, 6.07) is 4.86. The van der Waals surface area contributed by atoms with E-state index in [1.54, 1.807) is 19.1 Å². The predicted molar refractivity (Wildman–Crippen MR) is 66.2 cm³/mol. The molecule has 0 aliphatic rings. The maximum Gasteiger partial charge on any atom is 0.321 e. The molecule has 0 amide bonds. The molecule has 0 saturated heterocycles. The lowest BCUT2D eigenvalue weighted by Gasteiger charge is -2.12. The van der Waals surface area contributed by atoms with Crippen LogP contribution in [0, 0.1) is 0 Å². The Balaban J connectivity index is 2.96. The SMILES string of the molecule is CC[C@H](NS(=O)(=O)c1ccc(Br)cc1)C(=O)O. The van der Waals surface area contributed by atoms with E-state index in [0.717, 1.165) is 4.47 Å². The molecule has 1 rings (SSSR count). The van der Waals surface area contributed by atoms with Crippen molar-refractivity contribution in [3.63, 3.8) is 0 Å². The van der Waals surface area contributed by atoms with Crippen molar-refractivity contribution in [2.75, 3.05) is 0 Å². The average Bonchev–Trinajstić information content (AvgIpc) is 2.26. The van der Waals surface area contributed by atoms with Crippen LogP contribution in [0.3, 0.4) is 0 Å². The van der Waals surface area contributed by atoms with Crippen LogP contribution < -0.4 is 4.72 Å². The van der Waals surface area contributed by atoms with Crippen LogP contribution in [-0.2, 0) is 14.8 Å². The molecule has 7 heteroatoms. The molecular weight excluding hydrogens is 310 g/mol. The Labute approximate surface area is 108 Å². The largest absolute Gasteiger partial charge is 0.480 e. The molecule has 2 N–H and O–H groups in total. The fourth-order valence-electron chi connectivity index (χ4n) is 1.18. The number of hydrogen-bond donors (Lipinski definition) is 2. The van der Waals surface area contributed by atoms with Gasteiger partial charge in [0.2, 0.25) is 10.0 Å². The molecule has 0 spiro atoms. The Morgan fingerprint density at radius 3 is 2.35 bits per heavy atom. The molecule has 0 unspecified atom stereocenters. The number of carbonyl (C=O) groups is 1. The van der Waals surface area contributed by atoms with Gasteiger partial charge in [0, 0.05) is 4.47 Å². The van der Waals surface area contributed by atoms with Crippen LogP contribution in [0.25, 0.3) is 0 Å². The number of carboxylic acids is 1. The molecule has 0 aliphatic heterocycles. The van der Waals surface area contributed by atoms with E-state index >= 15 is 0 Å². The molecule has 0 radical (unpaired) electrons. The first kappa shape index (κ1) is 14.1. The highest BCUT2D eigenvalue weighted by Crippen LogP contribution is 2.15. The molecule has 0 bridgehead atoms. The standard InChI is InChI=1S/C10H12BrNO4S/c1-2-9(10(13)14)12-17(15,16)8-5-3-7(11)4-6-8/h3-6,9,12H,2H2,1H3,(H,13,14)/t9-/m0/s1. The van der Waals surface area contributed by atoms with Gasteiger partial charge in [-0.15, -0.1) is 0 Å². The average molecular weight is 322 g/mol. The summed E-state index contributed by atoms with van der Waals surface area (Å²) in [7, 11) is -3.79. The van der Waals surface area contributed by atoms with Gasteiger partial charge >= 0.3 is 5.97 Å². The topological polar surface area (TPSA) is 83.5 Å². The monoisotopic (exact) mass is 321 g/mol. The number of rotatable bonds is 5. The van der Waals surface area contributed by atoms with Gasteiger partial charge in [0.25, 0.3) is 0 Å². The lowest BCUT2D eigenvalue weighted by Crippen LogP contribution is -2.40. The molecule has 1 aromatic carbocycles. The maximum absolute atomic E-state index is 11.8. The zero-order valence-corrected chi connectivity index (χ0v) is 11.5. The minimum absolute atomic E-state index is 0.0420. The highest BCUT2D eigenvalue weighted by atomic mass is 79.9. The van der Waals surface area contributed by atoms with Crippen LogP contribution in [0.15, 0.2) is 33.6 Å². The van der Waals surface area contributed by atoms with Gasteiger partial charge in [-0.25, -0.2) is 8.42 Å².